The minimum Gasteiger partial charge on any atom is -0.478 e. The normalized spacial score (nSPS) is 34.5. The monoisotopic (exact) mass is 301 g/mol. The Balaban J connectivity index is 1.59. The van der Waals surface area contributed by atoms with Crippen molar-refractivity contribution < 1.29 is 24.2 Å². The van der Waals surface area contributed by atoms with E-state index in [0.29, 0.717) is 0 Å². The zero-order valence-electron chi connectivity index (χ0n) is 11.7. The van der Waals surface area contributed by atoms with E-state index in [-0.39, 0.29) is 47.0 Å². The molecule has 2 bridgehead atoms. The van der Waals surface area contributed by atoms with Crippen LogP contribution < -0.4 is 5.32 Å². The first-order valence-electron chi connectivity index (χ1n) is 7.40. The van der Waals surface area contributed by atoms with Crippen LogP contribution in [-0.2, 0) is 14.3 Å². The summed E-state index contributed by atoms with van der Waals surface area (Å²) >= 11 is 0. The van der Waals surface area contributed by atoms with Crippen LogP contribution in [0.25, 0.3) is 0 Å². The van der Waals surface area contributed by atoms with Crippen molar-refractivity contribution in [3.8, 4) is 0 Å². The lowest BCUT2D eigenvalue weighted by atomic mass is 9.79. The summed E-state index contributed by atoms with van der Waals surface area (Å²) in [4.78, 5) is 35.7. The van der Waals surface area contributed by atoms with E-state index in [1.54, 1.807) is 18.2 Å². The lowest BCUT2D eigenvalue weighted by Gasteiger charge is -2.23. The van der Waals surface area contributed by atoms with Crippen LogP contribution in [0, 0.1) is 23.7 Å². The van der Waals surface area contributed by atoms with Gasteiger partial charge in [-0.2, -0.15) is 0 Å². The van der Waals surface area contributed by atoms with Gasteiger partial charge in [-0.1, -0.05) is 12.1 Å². The van der Waals surface area contributed by atoms with E-state index >= 15 is 0 Å². The summed E-state index contributed by atoms with van der Waals surface area (Å²) < 4.78 is 5.32. The number of amides is 1. The van der Waals surface area contributed by atoms with Gasteiger partial charge in [0.2, 0.25) is 5.91 Å². The van der Waals surface area contributed by atoms with Crippen LogP contribution in [0.3, 0.4) is 0 Å². The molecule has 6 heteroatoms. The molecule has 1 heterocycles. The number of rotatable bonds is 3. The van der Waals surface area contributed by atoms with Gasteiger partial charge in [0, 0.05) is 5.92 Å². The van der Waals surface area contributed by atoms with Gasteiger partial charge in [-0.3, -0.25) is 9.59 Å². The Hall–Kier alpha value is -2.37. The van der Waals surface area contributed by atoms with Gasteiger partial charge in [-0.25, -0.2) is 4.79 Å². The van der Waals surface area contributed by atoms with E-state index in [0.717, 1.165) is 12.8 Å². The third-order valence-electron chi connectivity index (χ3n) is 5.20. The molecule has 6 nitrogen and oxygen atoms in total. The number of esters is 1. The molecule has 1 aromatic rings. The molecule has 1 aromatic carbocycles. The summed E-state index contributed by atoms with van der Waals surface area (Å²) in [6.45, 7) is 0. The van der Waals surface area contributed by atoms with Crippen molar-refractivity contribution in [1.82, 2.24) is 0 Å². The molecule has 3 fully saturated rings. The number of carboxylic acid groups (broad SMARTS) is 1. The SMILES string of the molecule is O=C(O)c1ccccc1NC(=O)[C@H]1[C@H]2C[C@@H]3[C@@H]1C(=O)O[C@@H]3C2. The molecule has 2 aliphatic carbocycles. The lowest BCUT2D eigenvalue weighted by Crippen LogP contribution is -2.36. The topological polar surface area (TPSA) is 92.7 Å². The van der Waals surface area contributed by atoms with Crippen molar-refractivity contribution in [3.05, 3.63) is 29.8 Å². The summed E-state index contributed by atoms with van der Waals surface area (Å²) in [5.74, 6) is -2.10. The zero-order valence-corrected chi connectivity index (χ0v) is 11.7. The highest BCUT2D eigenvalue weighted by molar-refractivity contribution is 6.02. The van der Waals surface area contributed by atoms with Crippen LogP contribution in [0.5, 0.6) is 0 Å². The Morgan fingerprint density at radius 1 is 1.23 bits per heavy atom. The standard InChI is InChI=1S/C16H15NO5/c18-14(17-10-4-2-1-3-8(10)15(19)20)12-7-5-9-11(6-7)22-16(21)13(9)12/h1-4,7,9,11-13H,5-6H2,(H,17,18)(H,19,20)/t7-,9-,11+,12-,13-/m0/s1. The van der Waals surface area contributed by atoms with E-state index in [4.69, 9.17) is 4.74 Å². The molecule has 3 aliphatic rings. The van der Waals surface area contributed by atoms with Crippen molar-refractivity contribution >= 4 is 23.5 Å². The molecule has 114 valence electrons. The van der Waals surface area contributed by atoms with Crippen LogP contribution >= 0.6 is 0 Å². The van der Waals surface area contributed by atoms with Gasteiger partial charge in [0.15, 0.2) is 0 Å². The fraction of sp³-hybridized carbons (Fsp3) is 0.438. The predicted octanol–water partition coefficient (Wildman–Crippen LogP) is 1.52. The molecule has 0 aromatic heterocycles. The number of ether oxygens (including phenoxy) is 1. The predicted molar refractivity (Wildman–Crippen MR) is 75.1 cm³/mol. The third-order valence-corrected chi connectivity index (χ3v) is 5.20. The van der Waals surface area contributed by atoms with E-state index in [1.165, 1.54) is 6.07 Å². The number of nitrogens with one attached hydrogen (secondary N) is 1. The Labute approximate surface area is 126 Å². The van der Waals surface area contributed by atoms with Crippen LogP contribution in [0.4, 0.5) is 5.69 Å². The second-order valence-electron chi connectivity index (χ2n) is 6.26. The van der Waals surface area contributed by atoms with Gasteiger partial charge in [0.25, 0.3) is 0 Å². The number of para-hydroxylation sites is 1. The van der Waals surface area contributed by atoms with Gasteiger partial charge in [-0.05, 0) is 30.9 Å². The first kappa shape index (κ1) is 13.3. The molecule has 1 amide bonds. The first-order chi connectivity index (χ1) is 10.6. The van der Waals surface area contributed by atoms with Crippen LogP contribution in [0.15, 0.2) is 24.3 Å². The van der Waals surface area contributed by atoms with E-state index in [9.17, 15) is 19.5 Å². The largest absolute Gasteiger partial charge is 0.478 e. The maximum atomic E-state index is 12.6. The van der Waals surface area contributed by atoms with Gasteiger partial charge in [0.05, 0.1) is 23.1 Å². The Morgan fingerprint density at radius 2 is 2.00 bits per heavy atom. The number of anilines is 1. The number of carbonyl (C=O) groups is 3. The van der Waals surface area contributed by atoms with Gasteiger partial charge >= 0.3 is 11.9 Å². The van der Waals surface area contributed by atoms with Crippen molar-refractivity contribution in [2.24, 2.45) is 23.7 Å². The summed E-state index contributed by atoms with van der Waals surface area (Å²) in [7, 11) is 0. The highest BCUT2D eigenvalue weighted by Crippen LogP contribution is 2.57. The van der Waals surface area contributed by atoms with Crippen molar-refractivity contribution in [1.29, 1.82) is 0 Å². The van der Waals surface area contributed by atoms with Crippen LogP contribution in [0.2, 0.25) is 0 Å². The zero-order chi connectivity index (χ0) is 15.4. The van der Waals surface area contributed by atoms with Crippen LogP contribution in [0.1, 0.15) is 23.2 Å². The van der Waals surface area contributed by atoms with Crippen molar-refractivity contribution in [2.45, 2.75) is 18.9 Å². The number of hydrogen-bond acceptors (Lipinski definition) is 4. The van der Waals surface area contributed by atoms with Crippen LogP contribution in [-0.4, -0.2) is 29.1 Å². The molecule has 0 unspecified atom stereocenters. The van der Waals surface area contributed by atoms with E-state index in [2.05, 4.69) is 5.32 Å². The minimum absolute atomic E-state index is 0.0159. The molecule has 2 N–H and O–H groups in total. The number of fused-ring (bicyclic) bond motifs is 1. The molecule has 4 rings (SSSR count). The van der Waals surface area contributed by atoms with Crippen molar-refractivity contribution in [2.75, 3.05) is 5.32 Å². The molecule has 22 heavy (non-hydrogen) atoms. The number of hydrogen-bond donors (Lipinski definition) is 2. The van der Waals surface area contributed by atoms with Gasteiger partial charge in [0.1, 0.15) is 6.10 Å². The maximum Gasteiger partial charge on any atom is 0.337 e. The molecular weight excluding hydrogens is 286 g/mol. The van der Waals surface area contributed by atoms with Gasteiger partial charge in [-0.15, -0.1) is 0 Å². The third kappa shape index (κ3) is 1.76. The number of carbonyl (C=O) groups excluding carboxylic acids is 2. The Kier molecular flexibility index (Phi) is 2.76. The maximum absolute atomic E-state index is 12.6. The molecule has 2 saturated carbocycles. The van der Waals surface area contributed by atoms with Crippen molar-refractivity contribution in [3.63, 3.8) is 0 Å². The average Bonchev–Trinajstić information content (AvgIpc) is 3.08. The highest BCUT2D eigenvalue weighted by atomic mass is 16.6. The molecular formula is C16H15NO5. The molecule has 1 saturated heterocycles. The lowest BCUT2D eigenvalue weighted by molar-refractivity contribution is -0.145. The fourth-order valence-electron chi connectivity index (χ4n) is 4.36. The second-order valence-corrected chi connectivity index (χ2v) is 6.26. The smallest absolute Gasteiger partial charge is 0.337 e. The van der Waals surface area contributed by atoms with E-state index in [1.807, 2.05) is 0 Å². The Morgan fingerprint density at radius 3 is 2.77 bits per heavy atom. The minimum atomic E-state index is -1.09. The fourth-order valence-corrected chi connectivity index (χ4v) is 4.36. The summed E-state index contributed by atoms with van der Waals surface area (Å²) in [5.41, 5.74) is 0.316. The molecule has 5 atom stereocenters. The average molecular weight is 301 g/mol. The molecule has 1 aliphatic heterocycles. The first-order valence-corrected chi connectivity index (χ1v) is 7.40. The summed E-state index contributed by atoms with van der Waals surface area (Å²) in [5, 5.41) is 11.9. The Bertz CT molecular complexity index is 683. The molecule has 0 spiro atoms. The van der Waals surface area contributed by atoms with E-state index < -0.39 is 11.9 Å². The highest BCUT2D eigenvalue weighted by Gasteiger charge is 2.63. The quantitative estimate of drug-likeness (QED) is 0.826. The number of benzene rings is 1. The second kappa shape index (κ2) is 4.56. The van der Waals surface area contributed by atoms with Gasteiger partial charge < -0.3 is 15.2 Å². The summed E-state index contributed by atoms with van der Waals surface area (Å²) in [6.07, 6.45) is 1.57. The number of carboxylic acids is 1. The number of aromatic carboxylic acids is 1. The summed E-state index contributed by atoms with van der Waals surface area (Å²) in [6, 6.07) is 6.28. The molecule has 0 radical (unpaired) electrons.